The molecule has 0 aliphatic carbocycles. The van der Waals surface area contributed by atoms with Crippen molar-refractivity contribution in [3.8, 4) is 0 Å². The highest BCUT2D eigenvalue weighted by molar-refractivity contribution is 5.93. The van der Waals surface area contributed by atoms with Gasteiger partial charge in [-0.3, -0.25) is 4.79 Å². The number of anilines is 3. The van der Waals surface area contributed by atoms with E-state index in [9.17, 15) is 9.90 Å². The maximum atomic E-state index is 12.9. The smallest absolute Gasteiger partial charge is 0.262 e. The lowest BCUT2D eigenvalue weighted by molar-refractivity contribution is 0.274. The molecular weight excluding hydrogens is 354 g/mol. The fourth-order valence-corrected chi connectivity index (χ4v) is 2.99. The SMILES string of the molecule is CCc1ccnc(Nc2cc3ccn(CCO)c(=O)c3c(NC(C)(C)C)n2)c1. The summed E-state index contributed by atoms with van der Waals surface area (Å²) in [5, 5.41) is 17.1. The molecule has 0 unspecified atom stereocenters. The van der Waals surface area contributed by atoms with Crippen LogP contribution in [0.15, 0.2) is 41.5 Å². The minimum Gasteiger partial charge on any atom is -0.395 e. The van der Waals surface area contributed by atoms with Crippen molar-refractivity contribution in [2.45, 2.75) is 46.2 Å². The first kappa shape index (κ1) is 19.8. The van der Waals surface area contributed by atoms with Gasteiger partial charge in [0.1, 0.15) is 17.5 Å². The third-order valence-corrected chi connectivity index (χ3v) is 4.28. The molecule has 0 atom stereocenters. The summed E-state index contributed by atoms with van der Waals surface area (Å²) in [6, 6.07) is 7.67. The first-order valence-corrected chi connectivity index (χ1v) is 9.46. The summed E-state index contributed by atoms with van der Waals surface area (Å²) in [5.41, 5.74) is 0.727. The highest BCUT2D eigenvalue weighted by Gasteiger charge is 2.17. The van der Waals surface area contributed by atoms with Crippen LogP contribution in [0.25, 0.3) is 10.8 Å². The predicted molar refractivity (Wildman–Crippen MR) is 113 cm³/mol. The Morgan fingerprint density at radius 2 is 1.96 bits per heavy atom. The van der Waals surface area contributed by atoms with Gasteiger partial charge >= 0.3 is 0 Å². The van der Waals surface area contributed by atoms with Crippen molar-refractivity contribution in [3.05, 3.63) is 52.6 Å². The Kier molecular flexibility index (Phi) is 5.65. The molecule has 0 saturated heterocycles. The number of aryl methyl sites for hydroxylation is 1. The van der Waals surface area contributed by atoms with Crippen molar-refractivity contribution in [3.63, 3.8) is 0 Å². The Morgan fingerprint density at radius 1 is 1.18 bits per heavy atom. The molecule has 0 fully saturated rings. The van der Waals surface area contributed by atoms with Crippen molar-refractivity contribution >= 4 is 28.2 Å². The number of hydrogen-bond acceptors (Lipinski definition) is 6. The van der Waals surface area contributed by atoms with E-state index in [0.717, 1.165) is 11.8 Å². The zero-order valence-corrected chi connectivity index (χ0v) is 16.8. The number of pyridine rings is 3. The molecule has 3 N–H and O–H groups in total. The van der Waals surface area contributed by atoms with Gasteiger partial charge in [0.05, 0.1) is 12.0 Å². The van der Waals surface area contributed by atoms with Gasteiger partial charge in [0, 0.05) is 24.5 Å². The summed E-state index contributed by atoms with van der Waals surface area (Å²) >= 11 is 0. The topological polar surface area (TPSA) is 92.1 Å². The Morgan fingerprint density at radius 3 is 2.64 bits per heavy atom. The number of aromatic nitrogens is 3. The fourth-order valence-electron chi connectivity index (χ4n) is 2.99. The summed E-state index contributed by atoms with van der Waals surface area (Å²) in [6.07, 6.45) is 4.38. The lowest BCUT2D eigenvalue weighted by Crippen LogP contribution is -2.29. The van der Waals surface area contributed by atoms with E-state index in [1.54, 1.807) is 12.4 Å². The first-order chi connectivity index (χ1) is 13.3. The fraction of sp³-hybridized carbons (Fsp3) is 0.381. The number of nitrogens with one attached hydrogen (secondary N) is 2. The van der Waals surface area contributed by atoms with Crippen molar-refractivity contribution in [1.29, 1.82) is 0 Å². The number of aliphatic hydroxyl groups excluding tert-OH is 1. The second kappa shape index (κ2) is 7.98. The molecule has 0 aliphatic heterocycles. The Labute approximate surface area is 164 Å². The van der Waals surface area contributed by atoms with Crippen LogP contribution in [0.5, 0.6) is 0 Å². The zero-order valence-electron chi connectivity index (χ0n) is 16.8. The van der Waals surface area contributed by atoms with Crippen LogP contribution >= 0.6 is 0 Å². The van der Waals surface area contributed by atoms with E-state index in [0.29, 0.717) is 22.8 Å². The molecule has 3 rings (SSSR count). The molecule has 3 aromatic rings. The van der Waals surface area contributed by atoms with Crippen LogP contribution in [-0.2, 0) is 13.0 Å². The molecule has 0 radical (unpaired) electrons. The number of fused-ring (bicyclic) bond motifs is 1. The third-order valence-electron chi connectivity index (χ3n) is 4.28. The molecule has 0 aliphatic rings. The summed E-state index contributed by atoms with van der Waals surface area (Å²) in [7, 11) is 0. The first-order valence-electron chi connectivity index (χ1n) is 9.46. The van der Waals surface area contributed by atoms with E-state index in [-0.39, 0.29) is 24.2 Å². The van der Waals surface area contributed by atoms with E-state index in [1.165, 1.54) is 10.1 Å². The second-order valence-electron chi connectivity index (χ2n) is 7.76. The Hall–Kier alpha value is -2.93. The van der Waals surface area contributed by atoms with Crippen LogP contribution in [0.4, 0.5) is 17.5 Å². The minimum atomic E-state index is -0.275. The number of aliphatic hydroxyl groups is 1. The van der Waals surface area contributed by atoms with E-state index in [4.69, 9.17) is 0 Å². The van der Waals surface area contributed by atoms with Gasteiger partial charge in [0.2, 0.25) is 0 Å². The molecule has 0 aromatic carbocycles. The maximum absolute atomic E-state index is 12.9. The number of nitrogens with zero attached hydrogens (tertiary/aromatic N) is 3. The van der Waals surface area contributed by atoms with E-state index < -0.39 is 0 Å². The molecule has 0 spiro atoms. The van der Waals surface area contributed by atoms with E-state index in [2.05, 4.69) is 27.5 Å². The third kappa shape index (κ3) is 4.48. The predicted octanol–water partition coefficient (Wildman–Crippen LogP) is 3.30. The van der Waals surface area contributed by atoms with Crippen LogP contribution in [-0.4, -0.2) is 31.8 Å². The van der Waals surface area contributed by atoms with Crippen molar-refractivity contribution in [2.75, 3.05) is 17.2 Å². The maximum Gasteiger partial charge on any atom is 0.262 e. The molecule has 7 nitrogen and oxygen atoms in total. The minimum absolute atomic E-state index is 0.0973. The van der Waals surface area contributed by atoms with Crippen LogP contribution < -0.4 is 16.2 Å². The quantitative estimate of drug-likeness (QED) is 0.607. The normalized spacial score (nSPS) is 11.6. The van der Waals surface area contributed by atoms with Gasteiger partial charge in [0.15, 0.2) is 0 Å². The largest absolute Gasteiger partial charge is 0.395 e. The monoisotopic (exact) mass is 381 g/mol. The lowest BCUT2D eigenvalue weighted by atomic mass is 10.1. The van der Waals surface area contributed by atoms with Gasteiger partial charge in [-0.25, -0.2) is 9.97 Å². The van der Waals surface area contributed by atoms with Crippen LogP contribution in [0, 0.1) is 0 Å². The molecule has 148 valence electrons. The zero-order chi connectivity index (χ0) is 20.3. The van der Waals surface area contributed by atoms with E-state index >= 15 is 0 Å². The van der Waals surface area contributed by atoms with Gasteiger partial charge in [0.25, 0.3) is 5.56 Å². The summed E-state index contributed by atoms with van der Waals surface area (Å²) < 4.78 is 1.50. The van der Waals surface area contributed by atoms with Crippen LogP contribution in [0.3, 0.4) is 0 Å². The lowest BCUT2D eigenvalue weighted by Gasteiger charge is -2.23. The molecule has 3 heterocycles. The molecule has 7 heteroatoms. The number of rotatable bonds is 6. The van der Waals surface area contributed by atoms with Crippen LogP contribution in [0.2, 0.25) is 0 Å². The highest BCUT2D eigenvalue weighted by Crippen LogP contribution is 2.26. The summed E-state index contributed by atoms with van der Waals surface area (Å²) in [4.78, 5) is 21.9. The molecule has 28 heavy (non-hydrogen) atoms. The van der Waals surface area contributed by atoms with Gasteiger partial charge in [-0.15, -0.1) is 0 Å². The van der Waals surface area contributed by atoms with Crippen molar-refractivity contribution in [2.24, 2.45) is 0 Å². The number of hydrogen-bond donors (Lipinski definition) is 3. The van der Waals surface area contributed by atoms with Crippen molar-refractivity contribution < 1.29 is 5.11 Å². The van der Waals surface area contributed by atoms with Gasteiger partial charge in [-0.05, 0) is 62.4 Å². The Balaban J connectivity index is 2.12. The average Bonchev–Trinajstić information content (AvgIpc) is 2.63. The molecule has 0 saturated carbocycles. The molecule has 0 amide bonds. The highest BCUT2D eigenvalue weighted by atomic mass is 16.3. The molecular formula is C21H27N5O2. The summed E-state index contributed by atoms with van der Waals surface area (Å²) in [5.74, 6) is 1.83. The van der Waals surface area contributed by atoms with Gasteiger partial charge in [-0.1, -0.05) is 6.92 Å². The van der Waals surface area contributed by atoms with Crippen molar-refractivity contribution in [1.82, 2.24) is 14.5 Å². The Bertz CT molecular complexity index is 1040. The standard InChI is InChI=1S/C21H27N5O2/c1-5-14-6-8-22-16(12-14)23-17-13-15-7-9-26(10-11-27)20(28)18(15)19(24-17)25-21(2,3)4/h6-9,12-13,27H,5,10-11H2,1-4H3,(H2,22,23,24,25). The van der Waals surface area contributed by atoms with E-state index in [1.807, 2.05) is 45.0 Å². The van der Waals surface area contributed by atoms with Gasteiger partial charge in [-0.2, -0.15) is 0 Å². The van der Waals surface area contributed by atoms with Gasteiger partial charge < -0.3 is 20.3 Å². The average molecular weight is 381 g/mol. The second-order valence-corrected chi connectivity index (χ2v) is 7.76. The molecule has 3 aromatic heterocycles. The van der Waals surface area contributed by atoms with Crippen LogP contribution in [0.1, 0.15) is 33.3 Å². The molecule has 0 bridgehead atoms. The summed E-state index contributed by atoms with van der Waals surface area (Å²) in [6.45, 7) is 8.29.